The van der Waals surface area contributed by atoms with E-state index >= 15 is 0 Å². The molecule has 0 radical (unpaired) electrons. The zero-order valence-electron chi connectivity index (χ0n) is 47.7. The number of fused-ring (bicyclic) bond motifs is 2. The minimum absolute atomic E-state index is 0.0524. The predicted molar refractivity (Wildman–Crippen MR) is 303 cm³/mol. The quantitative estimate of drug-likeness (QED) is 0.105. The highest BCUT2D eigenvalue weighted by Crippen LogP contribution is 2.35. The number of carbonyl (C=O) groups is 3. The van der Waals surface area contributed by atoms with Crippen LogP contribution >= 0.6 is 0 Å². The molecule has 6 aromatic rings. The van der Waals surface area contributed by atoms with E-state index in [1.54, 1.807) is 39.1 Å². The van der Waals surface area contributed by atoms with Crippen molar-refractivity contribution >= 4 is 41.2 Å². The molecule has 8 heterocycles. The molecular formula is C59H78N14O6. The highest BCUT2D eigenvalue weighted by atomic mass is 16.6. The van der Waals surface area contributed by atoms with Crippen molar-refractivity contribution in [2.75, 3.05) is 63.0 Å². The van der Waals surface area contributed by atoms with Crippen LogP contribution < -0.4 is 16.0 Å². The van der Waals surface area contributed by atoms with E-state index in [4.69, 9.17) is 24.2 Å². The maximum absolute atomic E-state index is 13.4. The zero-order valence-corrected chi connectivity index (χ0v) is 47.7. The van der Waals surface area contributed by atoms with Gasteiger partial charge in [0, 0.05) is 121 Å². The first-order chi connectivity index (χ1) is 37.5. The summed E-state index contributed by atoms with van der Waals surface area (Å²) in [7, 11) is 3.72. The molecule has 3 N–H and O–H groups in total. The van der Waals surface area contributed by atoms with Gasteiger partial charge in [-0.15, -0.1) is 0 Å². The zero-order chi connectivity index (χ0) is 56.2. The lowest BCUT2D eigenvalue weighted by molar-refractivity contribution is -0.158. The van der Waals surface area contributed by atoms with Crippen LogP contribution in [0.3, 0.4) is 0 Å². The molecule has 2 saturated heterocycles. The lowest BCUT2D eigenvalue weighted by Gasteiger charge is -2.42. The van der Waals surface area contributed by atoms with Gasteiger partial charge in [-0.2, -0.15) is 10.2 Å². The Hall–Kier alpha value is -7.29. The fourth-order valence-electron chi connectivity index (χ4n) is 10.4. The number of hydrogen-bond donors (Lipinski definition) is 3. The molecule has 2 aromatic carbocycles. The number of aryl methyl sites for hydroxylation is 2. The van der Waals surface area contributed by atoms with Crippen LogP contribution in [0.1, 0.15) is 109 Å². The standard InChI is InChI=1S/C32H43N7O4.C27H35N7O2/c1-31(2,3)42-25-19-39(20-25)28(40)15-23-17-38(30(41)43-32(4,5)6)13-11-21-14-22(8-9-26(21)23)27-10-12-33-29(36-27)35-24-16-34-37(7)18-24;1-27(2,3)36-22-16-34(17-22)25(35)12-20-13-28-9-7-18-11-19(5-6-23(18)20)24-8-10-29-26(32-24)31-21-14-30-33(4)15-21/h8-10,12,14,16,18,23,25H,11,13,15,17,19-20H2,1-7H3,(H,33,35,36);5-6,8,10-11,14-15,20,22,28H,7,9,12-13,16-17H2,1-4H3,(H,29,31,32). The second-order valence-corrected chi connectivity index (χ2v) is 24.1. The fourth-order valence-corrected chi connectivity index (χ4v) is 10.4. The van der Waals surface area contributed by atoms with Gasteiger partial charge >= 0.3 is 6.09 Å². The number of aromatic nitrogens is 8. The molecule has 0 saturated carbocycles. The van der Waals surface area contributed by atoms with Crippen LogP contribution in [0, 0.1) is 0 Å². The maximum Gasteiger partial charge on any atom is 0.410 e. The number of likely N-dealkylation sites (tertiary alicyclic amines) is 2. The summed E-state index contributed by atoms with van der Waals surface area (Å²) in [6, 6.07) is 16.5. The lowest BCUT2D eigenvalue weighted by atomic mass is 9.89. The summed E-state index contributed by atoms with van der Waals surface area (Å²) in [6.45, 7) is 23.0. The molecule has 20 nitrogen and oxygen atoms in total. The number of ether oxygens (including phenoxy) is 3. The fraction of sp³-hybridized carbons (Fsp3) is 0.508. The molecule has 4 aromatic heterocycles. The van der Waals surface area contributed by atoms with Crippen molar-refractivity contribution in [3.8, 4) is 22.5 Å². The summed E-state index contributed by atoms with van der Waals surface area (Å²) >= 11 is 0. The van der Waals surface area contributed by atoms with E-state index in [0.717, 1.165) is 64.5 Å². The molecule has 2 atom stereocenters. The van der Waals surface area contributed by atoms with Crippen molar-refractivity contribution in [3.63, 3.8) is 0 Å². The monoisotopic (exact) mass is 1080 g/mol. The van der Waals surface area contributed by atoms with Gasteiger partial charge in [-0.3, -0.25) is 19.0 Å². The van der Waals surface area contributed by atoms with Gasteiger partial charge in [0.05, 0.1) is 58.6 Å². The van der Waals surface area contributed by atoms with Crippen LogP contribution in [0.25, 0.3) is 22.5 Å². The van der Waals surface area contributed by atoms with E-state index in [-0.39, 0.29) is 53.2 Å². The molecule has 0 aliphatic carbocycles. The molecule has 20 heteroatoms. The summed E-state index contributed by atoms with van der Waals surface area (Å²) in [6.07, 6.45) is 12.9. The van der Waals surface area contributed by atoms with Crippen LogP contribution in [0.2, 0.25) is 0 Å². The number of benzene rings is 2. The van der Waals surface area contributed by atoms with Crippen LogP contribution in [0.4, 0.5) is 28.1 Å². The largest absolute Gasteiger partial charge is 0.444 e. The summed E-state index contributed by atoms with van der Waals surface area (Å²) in [5.74, 6) is 1.27. The minimum Gasteiger partial charge on any atom is -0.444 e. The SMILES string of the molecule is Cn1cc(Nc2nccc(-c3ccc4c(c3)CCN(C(=O)OC(C)(C)C)CC4CC(=O)N3CC(OC(C)(C)C)C3)n2)cn1.Cn1cc(Nc2nccc(-c3ccc4c(c3)CCNCC4CC(=O)N3CC(OC(C)(C)C)C3)n2)cn1. The molecule has 4 aliphatic rings. The van der Waals surface area contributed by atoms with Gasteiger partial charge in [0.2, 0.25) is 23.7 Å². The Morgan fingerprint density at radius 1 is 0.608 bits per heavy atom. The molecule has 10 rings (SSSR count). The van der Waals surface area contributed by atoms with Gasteiger partial charge in [0.1, 0.15) is 5.60 Å². The van der Waals surface area contributed by atoms with Crippen LogP contribution in [-0.4, -0.2) is 153 Å². The van der Waals surface area contributed by atoms with E-state index in [0.29, 0.717) is 70.4 Å². The first-order valence-electron chi connectivity index (χ1n) is 27.5. The Kier molecular flexibility index (Phi) is 16.8. The lowest BCUT2D eigenvalue weighted by Crippen LogP contribution is -2.56. The first-order valence-corrected chi connectivity index (χ1v) is 27.5. The van der Waals surface area contributed by atoms with Gasteiger partial charge in [0.25, 0.3) is 0 Å². The molecule has 0 spiro atoms. The normalized spacial score (nSPS) is 17.9. The maximum atomic E-state index is 13.4. The summed E-state index contributed by atoms with van der Waals surface area (Å²) in [5.41, 5.74) is 8.92. The van der Waals surface area contributed by atoms with Gasteiger partial charge in [-0.05, 0) is 128 Å². The predicted octanol–water partition coefficient (Wildman–Crippen LogP) is 8.18. The van der Waals surface area contributed by atoms with Crippen molar-refractivity contribution in [1.29, 1.82) is 0 Å². The average molecular weight is 1080 g/mol. The molecule has 2 unspecified atom stereocenters. The number of carbonyl (C=O) groups excluding carboxylic acids is 3. The second kappa shape index (κ2) is 23.6. The molecular weight excluding hydrogens is 1000 g/mol. The molecule has 4 aliphatic heterocycles. The third-order valence-electron chi connectivity index (χ3n) is 14.0. The van der Waals surface area contributed by atoms with E-state index in [1.807, 2.05) is 96.0 Å². The molecule has 79 heavy (non-hydrogen) atoms. The van der Waals surface area contributed by atoms with Crippen LogP contribution in [0.15, 0.2) is 85.7 Å². The molecule has 0 bridgehead atoms. The topological polar surface area (TPSA) is 212 Å². The molecule has 3 amide bonds. The van der Waals surface area contributed by atoms with Gasteiger partial charge < -0.3 is 44.9 Å². The number of hydrogen-bond acceptors (Lipinski definition) is 15. The molecule has 2 fully saturated rings. The Bertz CT molecular complexity index is 3100. The summed E-state index contributed by atoms with van der Waals surface area (Å²) in [4.78, 5) is 63.3. The van der Waals surface area contributed by atoms with Crippen LogP contribution in [0.5, 0.6) is 0 Å². The Morgan fingerprint density at radius 2 is 1.09 bits per heavy atom. The number of nitrogens with one attached hydrogen (secondary N) is 3. The molecule has 420 valence electrons. The van der Waals surface area contributed by atoms with Crippen molar-refractivity contribution in [1.82, 2.24) is 59.5 Å². The number of rotatable bonds is 12. The summed E-state index contributed by atoms with van der Waals surface area (Å²) in [5, 5.41) is 18.3. The van der Waals surface area contributed by atoms with Crippen molar-refractivity contribution in [2.45, 2.75) is 129 Å². The smallest absolute Gasteiger partial charge is 0.410 e. The minimum atomic E-state index is -0.608. The Labute approximate surface area is 464 Å². The van der Waals surface area contributed by atoms with Crippen molar-refractivity contribution in [3.05, 3.63) is 108 Å². The van der Waals surface area contributed by atoms with Gasteiger partial charge in [0.15, 0.2) is 0 Å². The Balaban J connectivity index is 0.000000195. The average Bonchev–Trinajstić information content (AvgIpc) is 3.85. The van der Waals surface area contributed by atoms with E-state index in [1.165, 1.54) is 11.1 Å². The number of anilines is 4. The highest BCUT2D eigenvalue weighted by Gasteiger charge is 2.38. The van der Waals surface area contributed by atoms with Crippen LogP contribution in [-0.2, 0) is 50.7 Å². The summed E-state index contributed by atoms with van der Waals surface area (Å²) < 4.78 is 21.2. The van der Waals surface area contributed by atoms with Crippen molar-refractivity contribution in [2.24, 2.45) is 14.1 Å². The number of amides is 3. The second-order valence-electron chi connectivity index (χ2n) is 24.1. The number of nitrogens with zero attached hydrogens (tertiary/aromatic N) is 11. The third-order valence-corrected chi connectivity index (χ3v) is 14.0. The van der Waals surface area contributed by atoms with Gasteiger partial charge in [-0.1, -0.05) is 24.3 Å². The van der Waals surface area contributed by atoms with Crippen molar-refractivity contribution < 1.29 is 28.6 Å². The Morgan fingerprint density at radius 3 is 1.56 bits per heavy atom. The first kappa shape index (κ1) is 56.4. The van der Waals surface area contributed by atoms with E-state index in [9.17, 15) is 14.4 Å². The highest BCUT2D eigenvalue weighted by molar-refractivity contribution is 5.79. The van der Waals surface area contributed by atoms with E-state index in [2.05, 4.69) is 87.2 Å². The third kappa shape index (κ3) is 15.3. The van der Waals surface area contributed by atoms with Gasteiger partial charge in [-0.25, -0.2) is 24.7 Å². The van der Waals surface area contributed by atoms with E-state index < -0.39 is 5.60 Å².